The number of carboxylic acid groups (broad SMARTS) is 3. The van der Waals surface area contributed by atoms with E-state index in [2.05, 4.69) is 36.7 Å². The minimum Gasteiger partial charge on any atom is -0.481 e. The predicted molar refractivity (Wildman–Crippen MR) is 353 cm³/mol. The zero-order valence-corrected chi connectivity index (χ0v) is 56.5. The van der Waals surface area contributed by atoms with Gasteiger partial charge in [-0.05, 0) is 50.7 Å². The van der Waals surface area contributed by atoms with E-state index in [9.17, 15) is 63.6 Å². The first-order valence-corrected chi connectivity index (χ1v) is 35.7. The van der Waals surface area contributed by atoms with E-state index in [1.165, 1.54) is 75.5 Å². The van der Waals surface area contributed by atoms with Crippen LogP contribution in [0.25, 0.3) is 0 Å². The maximum absolute atomic E-state index is 14.6. The molecule has 0 unspecified atom stereocenters. The van der Waals surface area contributed by atoms with Gasteiger partial charge in [0.15, 0.2) is 12.4 Å². The lowest BCUT2D eigenvalue weighted by Crippen LogP contribution is -2.66. The highest BCUT2D eigenvalue weighted by Crippen LogP contribution is 2.29. The number of amides is 4. The molecule has 1 aliphatic rings. The molecular formula is C71H120N4O17. The van der Waals surface area contributed by atoms with E-state index in [0.29, 0.717) is 63.5 Å². The molecule has 6 atom stereocenters. The fourth-order valence-corrected chi connectivity index (χ4v) is 11.6. The molecule has 2 rings (SSSR count). The number of esters is 2. The van der Waals surface area contributed by atoms with Gasteiger partial charge in [-0.25, -0.2) is 4.79 Å². The first-order valence-electron chi connectivity index (χ1n) is 35.7. The van der Waals surface area contributed by atoms with Crippen LogP contribution in [0.15, 0.2) is 30.3 Å². The summed E-state index contributed by atoms with van der Waals surface area (Å²) < 4.78 is 24.2. The molecular weight excluding hydrogens is 1180 g/mol. The largest absolute Gasteiger partial charge is 0.481 e. The van der Waals surface area contributed by atoms with Crippen LogP contribution >= 0.6 is 0 Å². The van der Waals surface area contributed by atoms with Crippen molar-refractivity contribution in [3.8, 4) is 0 Å². The third-order valence-corrected chi connectivity index (χ3v) is 17.0. The maximum atomic E-state index is 14.6. The van der Waals surface area contributed by atoms with Gasteiger partial charge in [-0.15, -0.1) is 0 Å². The Bertz CT molecular complexity index is 2170. The van der Waals surface area contributed by atoms with Crippen LogP contribution in [0, 0.1) is 0 Å². The third-order valence-electron chi connectivity index (χ3n) is 17.0. The normalized spacial score (nSPS) is 16.6. The van der Waals surface area contributed by atoms with Crippen molar-refractivity contribution in [1.82, 2.24) is 20.9 Å². The molecule has 1 aromatic rings. The number of nitrogens with one attached hydrogen (secondary N) is 3. The number of ether oxygens (including phenoxy) is 4. The molecule has 526 valence electrons. The number of nitrogens with zero attached hydrogens (tertiary/aromatic N) is 1. The van der Waals surface area contributed by atoms with Crippen LogP contribution in [0.5, 0.6) is 0 Å². The molecule has 0 radical (unpaired) electrons. The third kappa shape index (κ3) is 40.4. The molecule has 1 saturated heterocycles. The number of carbonyl (C=O) groups excluding carboxylic acids is 6. The summed E-state index contributed by atoms with van der Waals surface area (Å²) in [5, 5.41) is 50.2. The van der Waals surface area contributed by atoms with Crippen LogP contribution in [0.2, 0.25) is 0 Å². The standard InChI is InChI=1S/C71H120N4O17/c1-4-7-10-13-16-19-21-23-26-31-39-46-65(85)92-68-66(74-60(77)45-38-30-28-32-40-49-72-69(87)55-42-35-34-36-43-55)71(90-56(51-63(81)82)52-64(83)84)91-58(67(68)86)54-89-70(88)57(47-48-62(79)80)75(50-41-33-27-24-20-17-14-11-8-5-2)61(78)53-73-59(76)44-37-29-25-22-18-15-12-9-6-3/h34-36,42-43,56-58,66-68,71,86H,4-33,37-41,44-54H2,1-3H3,(H,72,87)(H,73,76)(H,74,77)(H,79,80)(H,81,82)(H,83,84)/t57-,58-,66-,67-,68-,71+/m1/s1. The number of aliphatic hydroxyl groups excluding tert-OH is 1. The summed E-state index contributed by atoms with van der Waals surface area (Å²) >= 11 is 0. The van der Waals surface area contributed by atoms with Crippen molar-refractivity contribution in [2.24, 2.45) is 0 Å². The summed E-state index contributed by atoms with van der Waals surface area (Å²) in [5.41, 5.74) is 0.560. The first kappa shape index (κ1) is 82.4. The fraction of sp³-hybridized carbons (Fsp3) is 0.789. The van der Waals surface area contributed by atoms with E-state index < -0.39 is 117 Å². The highest BCUT2D eigenvalue weighted by atomic mass is 16.7. The van der Waals surface area contributed by atoms with E-state index in [-0.39, 0.29) is 44.0 Å². The van der Waals surface area contributed by atoms with Crippen molar-refractivity contribution in [2.75, 3.05) is 26.2 Å². The monoisotopic (exact) mass is 1300 g/mol. The summed E-state index contributed by atoms with van der Waals surface area (Å²) in [6.45, 7) is 5.76. The maximum Gasteiger partial charge on any atom is 0.328 e. The van der Waals surface area contributed by atoms with Crippen LogP contribution in [0.3, 0.4) is 0 Å². The van der Waals surface area contributed by atoms with Gasteiger partial charge in [0.05, 0.1) is 25.5 Å². The van der Waals surface area contributed by atoms with Crippen molar-refractivity contribution >= 4 is 53.5 Å². The lowest BCUT2D eigenvalue weighted by molar-refractivity contribution is -0.286. The van der Waals surface area contributed by atoms with E-state index in [4.69, 9.17) is 18.9 Å². The van der Waals surface area contributed by atoms with Crippen LogP contribution in [-0.4, -0.2) is 148 Å². The summed E-state index contributed by atoms with van der Waals surface area (Å²) in [7, 11) is 0. The van der Waals surface area contributed by atoms with Gasteiger partial charge in [0.25, 0.3) is 5.91 Å². The topological polar surface area (TPSA) is 311 Å². The Morgan fingerprint density at radius 2 is 0.989 bits per heavy atom. The lowest BCUT2D eigenvalue weighted by Gasteiger charge is -2.45. The van der Waals surface area contributed by atoms with Crippen molar-refractivity contribution in [3.63, 3.8) is 0 Å². The number of unbranched alkanes of at least 4 members (excludes halogenated alkanes) is 31. The molecule has 21 nitrogen and oxygen atoms in total. The number of rotatable bonds is 59. The summed E-state index contributed by atoms with van der Waals surface area (Å²) in [6, 6.07) is 5.84. The van der Waals surface area contributed by atoms with Crippen LogP contribution in [0.1, 0.15) is 301 Å². The minimum absolute atomic E-state index is 0.0310. The van der Waals surface area contributed by atoms with Crippen molar-refractivity contribution < 1.29 is 82.5 Å². The molecule has 92 heavy (non-hydrogen) atoms. The SMILES string of the molecule is CCCCCCCCCCCCCC(=O)O[C@H]1[C@H](O)[C@@H](COC(=O)[C@@H](CCC(=O)O)N(CCCCCCCCCCCC)C(=O)CNC(=O)CCCCCCCCCCC)O[C@H](OC(CC(=O)O)CC(=O)O)[C@@H]1NC(=O)CCCCCCCNC(=O)c1ccccc1. The van der Waals surface area contributed by atoms with E-state index in [1.807, 2.05) is 6.07 Å². The Morgan fingerprint density at radius 3 is 1.48 bits per heavy atom. The fourth-order valence-electron chi connectivity index (χ4n) is 11.6. The van der Waals surface area contributed by atoms with E-state index in [0.717, 1.165) is 103 Å². The highest BCUT2D eigenvalue weighted by Gasteiger charge is 2.50. The number of carbonyl (C=O) groups is 9. The molecule has 4 amide bonds. The van der Waals surface area contributed by atoms with Gasteiger partial charge in [0, 0.05) is 44.3 Å². The minimum atomic E-state index is -1.86. The molecule has 0 saturated carbocycles. The summed E-state index contributed by atoms with van der Waals surface area (Å²) in [5.74, 6) is -7.62. The van der Waals surface area contributed by atoms with Crippen molar-refractivity contribution in [3.05, 3.63) is 35.9 Å². The Morgan fingerprint density at radius 1 is 0.533 bits per heavy atom. The Hall–Kier alpha value is -5.67. The van der Waals surface area contributed by atoms with E-state index >= 15 is 0 Å². The van der Waals surface area contributed by atoms with Gasteiger partial charge in [-0.1, -0.05) is 232 Å². The van der Waals surface area contributed by atoms with E-state index in [1.54, 1.807) is 24.3 Å². The number of carboxylic acids is 3. The number of aliphatic hydroxyl groups is 1. The average Bonchev–Trinajstić information content (AvgIpc) is 0.814. The second-order valence-electron chi connectivity index (χ2n) is 25.2. The molecule has 1 aromatic carbocycles. The second kappa shape index (κ2) is 53.7. The van der Waals surface area contributed by atoms with Crippen molar-refractivity contribution in [2.45, 2.75) is 333 Å². The van der Waals surface area contributed by atoms with Gasteiger partial charge in [-0.2, -0.15) is 0 Å². The second-order valence-corrected chi connectivity index (χ2v) is 25.2. The zero-order chi connectivity index (χ0) is 67.4. The quantitative estimate of drug-likeness (QED) is 0.0235. The summed E-state index contributed by atoms with van der Waals surface area (Å²) in [6.07, 6.45) is 22.8. The Kier molecular flexibility index (Phi) is 48.1. The Balaban J connectivity index is 2.42. The number of aliphatic carboxylic acids is 3. The van der Waals surface area contributed by atoms with Gasteiger partial charge in [0.2, 0.25) is 17.7 Å². The molecule has 0 aromatic heterocycles. The highest BCUT2D eigenvalue weighted by molar-refractivity contribution is 5.94. The predicted octanol–water partition coefficient (Wildman–Crippen LogP) is 12.8. The van der Waals surface area contributed by atoms with Crippen LogP contribution in [0.4, 0.5) is 0 Å². The molecule has 0 bridgehead atoms. The smallest absolute Gasteiger partial charge is 0.328 e. The lowest BCUT2D eigenvalue weighted by atomic mass is 9.95. The van der Waals surface area contributed by atoms with Crippen LogP contribution in [-0.2, 0) is 57.3 Å². The van der Waals surface area contributed by atoms with Gasteiger partial charge in [-0.3, -0.25) is 38.4 Å². The van der Waals surface area contributed by atoms with Gasteiger partial charge < -0.3 is 60.2 Å². The van der Waals surface area contributed by atoms with Gasteiger partial charge >= 0.3 is 29.8 Å². The first-order chi connectivity index (χ1) is 44.5. The molecule has 7 N–H and O–H groups in total. The molecule has 1 heterocycles. The summed E-state index contributed by atoms with van der Waals surface area (Å²) in [4.78, 5) is 120. The van der Waals surface area contributed by atoms with Crippen molar-refractivity contribution in [1.29, 1.82) is 0 Å². The number of benzene rings is 1. The molecule has 0 aliphatic carbocycles. The average molecular weight is 1300 g/mol. The molecule has 21 heteroatoms. The molecule has 0 spiro atoms. The zero-order valence-electron chi connectivity index (χ0n) is 56.5. The number of hydrogen-bond donors (Lipinski definition) is 7. The number of hydrogen-bond acceptors (Lipinski definition) is 14. The molecule has 1 fully saturated rings. The van der Waals surface area contributed by atoms with Crippen LogP contribution < -0.4 is 16.0 Å². The van der Waals surface area contributed by atoms with Gasteiger partial charge in [0.1, 0.15) is 30.9 Å². The Labute approximate surface area is 550 Å². The molecule has 1 aliphatic heterocycles.